The molecular formula is C48H79NO10P+. The Hall–Kier alpha value is -3.31. The van der Waals surface area contributed by atoms with Crippen molar-refractivity contribution in [2.24, 2.45) is 0 Å². The molecule has 0 radical (unpaired) electrons. The number of nitrogens with zero attached hydrogens (tertiary/aromatic N) is 1. The van der Waals surface area contributed by atoms with Gasteiger partial charge in [0, 0.05) is 25.7 Å². The van der Waals surface area contributed by atoms with Crippen LogP contribution in [0.5, 0.6) is 0 Å². The monoisotopic (exact) mass is 861 g/mol. The van der Waals surface area contributed by atoms with Crippen molar-refractivity contribution in [2.75, 3.05) is 47.5 Å². The van der Waals surface area contributed by atoms with E-state index in [-0.39, 0.29) is 26.1 Å². The summed E-state index contributed by atoms with van der Waals surface area (Å²) in [5, 5.41) is 10.2. The number of likely N-dealkylation sites (N-methyl/N-ethyl adjacent to an activating group) is 1. The molecule has 60 heavy (non-hydrogen) atoms. The van der Waals surface area contributed by atoms with E-state index in [0.29, 0.717) is 30.3 Å². The molecule has 2 N–H and O–H groups in total. The highest BCUT2D eigenvalue weighted by molar-refractivity contribution is 7.47. The number of hydrogen-bond acceptors (Lipinski definition) is 9. The van der Waals surface area contributed by atoms with Crippen molar-refractivity contribution in [1.29, 1.82) is 0 Å². The maximum atomic E-state index is 12.8. The summed E-state index contributed by atoms with van der Waals surface area (Å²) in [5.74, 6) is 1.19. The lowest BCUT2D eigenvalue weighted by Crippen LogP contribution is -2.37. The molecule has 3 atom stereocenters. The lowest BCUT2D eigenvalue weighted by molar-refractivity contribution is -0.870. The number of unbranched alkanes of at least 4 members (excludes halogenated alkanes) is 5. The van der Waals surface area contributed by atoms with E-state index < -0.39 is 38.6 Å². The highest BCUT2D eigenvalue weighted by Gasteiger charge is 2.27. The number of phosphoric acid groups is 1. The van der Waals surface area contributed by atoms with Crippen molar-refractivity contribution in [3.63, 3.8) is 0 Å². The number of aryl methyl sites for hydroxylation is 2. The van der Waals surface area contributed by atoms with Gasteiger partial charge in [-0.2, -0.15) is 0 Å². The smallest absolute Gasteiger partial charge is 0.466 e. The molecule has 1 rings (SSSR count). The van der Waals surface area contributed by atoms with Crippen LogP contribution in [0.4, 0.5) is 0 Å². The quantitative estimate of drug-likeness (QED) is 0.0169. The summed E-state index contributed by atoms with van der Waals surface area (Å²) in [4.78, 5) is 35.5. The van der Waals surface area contributed by atoms with E-state index in [4.69, 9.17) is 22.9 Å². The molecular weight excluding hydrogens is 781 g/mol. The molecule has 0 aliphatic rings. The summed E-state index contributed by atoms with van der Waals surface area (Å²) in [6, 6.07) is 0. The second-order valence-electron chi connectivity index (χ2n) is 16.1. The van der Waals surface area contributed by atoms with E-state index in [1.54, 1.807) is 18.2 Å². The number of aliphatic hydroxyl groups is 1. The third-order valence-corrected chi connectivity index (χ3v) is 10.5. The molecule has 0 aliphatic carbocycles. The molecule has 1 aromatic rings. The molecule has 340 valence electrons. The Labute approximate surface area is 362 Å². The third kappa shape index (κ3) is 29.8. The van der Waals surface area contributed by atoms with Crippen LogP contribution in [0.3, 0.4) is 0 Å². The topological polar surface area (TPSA) is 142 Å². The van der Waals surface area contributed by atoms with E-state index in [1.807, 2.05) is 39.4 Å². The lowest BCUT2D eigenvalue weighted by atomic mass is 10.0. The van der Waals surface area contributed by atoms with Gasteiger partial charge in [-0.3, -0.25) is 18.6 Å². The minimum absolute atomic E-state index is 0.00904. The fraction of sp³-hybridized carbons (Fsp3) is 0.625. The maximum absolute atomic E-state index is 12.8. The molecule has 0 aliphatic heterocycles. The summed E-state index contributed by atoms with van der Waals surface area (Å²) >= 11 is 0. The van der Waals surface area contributed by atoms with E-state index in [0.717, 1.165) is 88.6 Å². The van der Waals surface area contributed by atoms with Crippen LogP contribution in [0.2, 0.25) is 0 Å². The summed E-state index contributed by atoms with van der Waals surface area (Å²) in [7, 11) is 1.34. The number of carbonyl (C=O) groups excluding carboxylic acids is 2. The average Bonchev–Trinajstić information content (AvgIpc) is 3.45. The van der Waals surface area contributed by atoms with Crippen LogP contribution >= 0.6 is 7.82 Å². The van der Waals surface area contributed by atoms with Crippen molar-refractivity contribution in [3.05, 3.63) is 95.6 Å². The van der Waals surface area contributed by atoms with Crippen molar-refractivity contribution >= 4 is 19.8 Å². The van der Waals surface area contributed by atoms with Crippen molar-refractivity contribution < 1.29 is 51.6 Å². The Morgan fingerprint density at radius 1 is 0.733 bits per heavy atom. The minimum atomic E-state index is -4.44. The second kappa shape index (κ2) is 33.3. The first kappa shape index (κ1) is 54.7. The van der Waals surface area contributed by atoms with Crippen molar-refractivity contribution in [3.8, 4) is 0 Å². The van der Waals surface area contributed by atoms with E-state index in [2.05, 4.69) is 64.2 Å². The SMILES string of the molecule is CC/C=C\C/C=C\C/C=C\C/C=C\C=C/C(O)C/C=C\CCC(=O)OC[C@H](COP(=O)(O)OCC[N+](C)(C)C)OC(=O)CCCCCCCCc1oc(CCC)c(C)c1C. The largest absolute Gasteiger partial charge is 0.472 e. The Kier molecular flexibility index (Phi) is 30.4. The molecule has 12 heteroatoms. The number of hydrogen-bond donors (Lipinski definition) is 2. The molecule has 1 heterocycles. The number of carbonyl (C=O) groups is 2. The van der Waals surface area contributed by atoms with Gasteiger partial charge in [0.25, 0.3) is 0 Å². The summed E-state index contributed by atoms with van der Waals surface area (Å²) < 4.78 is 40.3. The van der Waals surface area contributed by atoms with Crippen LogP contribution in [0.15, 0.2) is 77.3 Å². The lowest BCUT2D eigenvalue weighted by Gasteiger charge is -2.24. The fourth-order valence-electron chi connectivity index (χ4n) is 5.82. The summed E-state index contributed by atoms with van der Waals surface area (Å²) in [5.41, 5.74) is 2.55. The zero-order valence-electron chi connectivity index (χ0n) is 38.0. The first-order valence-corrected chi connectivity index (χ1v) is 23.6. The first-order chi connectivity index (χ1) is 28.7. The Morgan fingerprint density at radius 3 is 2.00 bits per heavy atom. The van der Waals surface area contributed by atoms with Gasteiger partial charge in [-0.15, -0.1) is 0 Å². The number of furan rings is 1. The third-order valence-electron chi connectivity index (χ3n) is 9.52. The molecule has 0 saturated heterocycles. The van der Waals surface area contributed by atoms with Gasteiger partial charge in [0.2, 0.25) is 0 Å². The number of aliphatic hydroxyl groups excluding tert-OH is 1. The average molecular weight is 861 g/mol. The molecule has 2 unspecified atom stereocenters. The molecule has 0 bridgehead atoms. The molecule has 0 fully saturated rings. The van der Waals surface area contributed by atoms with Gasteiger partial charge in [0.1, 0.15) is 31.3 Å². The van der Waals surface area contributed by atoms with Crippen LogP contribution < -0.4 is 0 Å². The van der Waals surface area contributed by atoms with Crippen molar-refractivity contribution in [2.45, 2.75) is 149 Å². The van der Waals surface area contributed by atoms with Crippen molar-refractivity contribution in [1.82, 2.24) is 0 Å². The van der Waals surface area contributed by atoms with Crippen LogP contribution in [-0.2, 0) is 45.5 Å². The molecule has 0 aromatic carbocycles. The normalized spacial score (nSPS) is 14.8. The Morgan fingerprint density at radius 2 is 1.35 bits per heavy atom. The summed E-state index contributed by atoms with van der Waals surface area (Å²) in [6.07, 6.45) is 35.7. The second-order valence-corrected chi connectivity index (χ2v) is 17.6. The highest BCUT2D eigenvalue weighted by Crippen LogP contribution is 2.43. The van der Waals surface area contributed by atoms with Gasteiger partial charge in [-0.1, -0.05) is 112 Å². The molecule has 0 amide bonds. The van der Waals surface area contributed by atoms with Crippen LogP contribution in [0, 0.1) is 13.8 Å². The summed E-state index contributed by atoms with van der Waals surface area (Å²) in [6.45, 7) is 8.22. The predicted octanol–water partition coefficient (Wildman–Crippen LogP) is 10.9. The maximum Gasteiger partial charge on any atom is 0.472 e. The van der Waals surface area contributed by atoms with Gasteiger partial charge in [-0.25, -0.2) is 4.57 Å². The number of rotatable bonds is 35. The van der Waals surface area contributed by atoms with Gasteiger partial charge >= 0.3 is 19.8 Å². The minimum Gasteiger partial charge on any atom is -0.466 e. The highest BCUT2D eigenvalue weighted by atomic mass is 31.2. The van der Waals surface area contributed by atoms with Gasteiger partial charge in [0.15, 0.2) is 6.10 Å². The number of esters is 2. The fourth-order valence-corrected chi connectivity index (χ4v) is 6.56. The predicted molar refractivity (Wildman–Crippen MR) is 243 cm³/mol. The Bertz CT molecular complexity index is 1550. The molecule has 11 nitrogen and oxygen atoms in total. The Balaban J connectivity index is 2.46. The molecule has 1 aromatic heterocycles. The molecule has 0 saturated carbocycles. The van der Waals surface area contributed by atoms with E-state index >= 15 is 0 Å². The molecule has 0 spiro atoms. The number of quaternary nitrogens is 1. The van der Waals surface area contributed by atoms with Gasteiger partial charge < -0.3 is 28.4 Å². The number of phosphoric ester groups is 1. The number of allylic oxidation sites excluding steroid dienone is 10. The van der Waals surface area contributed by atoms with Crippen LogP contribution in [0.1, 0.15) is 133 Å². The van der Waals surface area contributed by atoms with Gasteiger partial charge in [0.05, 0.1) is 33.9 Å². The van der Waals surface area contributed by atoms with Gasteiger partial charge in [-0.05, 0) is 82.8 Å². The van der Waals surface area contributed by atoms with E-state index in [9.17, 15) is 24.2 Å². The standard InChI is InChI=1S/C48H78NO10P/c1-8-10-11-12-13-14-15-16-17-18-19-22-26-32-43(50)33-27-25-30-35-47(51)55-39-44(40-57-60(53,54)56-38-37-49(5,6)7)58-48(52)36-29-24-21-20-23-28-34-46-42(4)41(3)45(59-46)31-9-2/h10-11,13-14,16-17,19,22,25-27,32,43-44,50H,8-9,12,15,18,20-21,23-24,28-31,33-40H2,1-7H3/p+1/b11-10-,14-13-,17-16-,22-19-,27-25-,32-26-/t43?,44-/m1/s1. The van der Waals surface area contributed by atoms with Crippen LogP contribution in [0.25, 0.3) is 0 Å². The zero-order valence-corrected chi connectivity index (χ0v) is 38.9. The number of ether oxygens (including phenoxy) is 2. The van der Waals surface area contributed by atoms with E-state index in [1.165, 1.54) is 11.1 Å². The van der Waals surface area contributed by atoms with Crippen LogP contribution in [-0.4, -0.2) is 86.1 Å². The zero-order chi connectivity index (χ0) is 44.5. The first-order valence-electron chi connectivity index (χ1n) is 22.1.